The molecule has 3 rings (SSSR count). The van der Waals surface area contributed by atoms with Crippen molar-refractivity contribution in [3.05, 3.63) is 80.8 Å². The Kier molecular flexibility index (Phi) is 6.83. The number of benzene rings is 2. The van der Waals surface area contributed by atoms with Crippen LogP contribution in [0, 0.1) is 10.1 Å². The average Bonchev–Trinajstić information content (AvgIpc) is 2.97. The summed E-state index contributed by atoms with van der Waals surface area (Å²) in [5.74, 6) is -1.44. The van der Waals surface area contributed by atoms with Crippen molar-refractivity contribution in [1.29, 1.82) is 0 Å². The Morgan fingerprint density at radius 3 is 2.65 bits per heavy atom. The van der Waals surface area contributed by atoms with E-state index in [9.17, 15) is 24.8 Å². The Hall–Kier alpha value is -3.50. The van der Waals surface area contributed by atoms with Crippen LogP contribution in [0.5, 0.6) is 5.75 Å². The number of carbonyl (C=O) groups is 2. The number of nitro groups is 1. The van der Waals surface area contributed by atoms with E-state index in [0.29, 0.717) is 4.91 Å². The standard InChI is InChI=1S/C21H17N3O5S2/c1-13(9-14-5-3-2-4-6-14)10-18-20(27)23(21(30)31-18)12-19(26)22-16-8-7-15(24(28)29)11-17(16)25/h2-11,25H,12H2,1H3,(H,22,26). The van der Waals surface area contributed by atoms with Gasteiger partial charge in [-0.05, 0) is 30.2 Å². The Bertz CT molecular complexity index is 1130. The molecule has 31 heavy (non-hydrogen) atoms. The van der Waals surface area contributed by atoms with Crippen LogP contribution in [-0.4, -0.2) is 37.6 Å². The first-order valence-corrected chi connectivity index (χ1v) is 10.2. The molecule has 1 aliphatic rings. The summed E-state index contributed by atoms with van der Waals surface area (Å²) < 4.78 is 0.242. The van der Waals surface area contributed by atoms with E-state index in [1.165, 1.54) is 11.0 Å². The van der Waals surface area contributed by atoms with Crippen molar-refractivity contribution in [3.63, 3.8) is 0 Å². The zero-order valence-electron chi connectivity index (χ0n) is 16.3. The molecule has 10 heteroatoms. The fourth-order valence-electron chi connectivity index (χ4n) is 2.77. The number of aromatic hydroxyl groups is 1. The summed E-state index contributed by atoms with van der Waals surface area (Å²) in [5.41, 5.74) is 1.54. The Balaban J connectivity index is 1.68. The average molecular weight is 456 g/mol. The largest absolute Gasteiger partial charge is 0.506 e. The molecule has 2 N–H and O–H groups in total. The van der Waals surface area contributed by atoms with Crippen LogP contribution in [0.25, 0.3) is 6.08 Å². The van der Waals surface area contributed by atoms with Gasteiger partial charge in [-0.3, -0.25) is 24.6 Å². The van der Waals surface area contributed by atoms with Crippen LogP contribution in [0.1, 0.15) is 12.5 Å². The molecule has 0 unspecified atom stereocenters. The smallest absolute Gasteiger partial charge is 0.273 e. The van der Waals surface area contributed by atoms with Crippen LogP contribution in [0.15, 0.2) is 65.1 Å². The number of anilines is 1. The van der Waals surface area contributed by atoms with Gasteiger partial charge >= 0.3 is 0 Å². The molecule has 0 spiro atoms. The molecule has 8 nitrogen and oxygen atoms in total. The minimum absolute atomic E-state index is 0.00165. The third-order valence-electron chi connectivity index (χ3n) is 4.19. The molecule has 0 atom stereocenters. The van der Waals surface area contributed by atoms with Crippen molar-refractivity contribution in [1.82, 2.24) is 4.90 Å². The van der Waals surface area contributed by atoms with Crippen LogP contribution in [0.2, 0.25) is 0 Å². The number of thiocarbonyl (C=S) groups is 1. The highest BCUT2D eigenvalue weighted by molar-refractivity contribution is 8.26. The molecular weight excluding hydrogens is 438 g/mol. The van der Waals surface area contributed by atoms with E-state index >= 15 is 0 Å². The first-order valence-electron chi connectivity index (χ1n) is 9.00. The molecule has 0 aromatic heterocycles. The lowest BCUT2D eigenvalue weighted by atomic mass is 10.1. The van der Waals surface area contributed by atoms with Crippen molar-refractivity contribution in [2.24, 2.45) is 0 Å². The summed E-state index contributed by atoms with van der Waals surface area (Å²) >= 11 is 6.34. The molecule has 2 aromatic rings. The summed E-state index contributed by atoms with van der Waals surface area (Å²) in [6.07, 6.45) is 3.64. The van der Waals surface area contributed by atoms with Gasteiger partial charge in [0, 0.05) is 6.07 Å². The number of amides is 2. The fraction of sp³-hybridized carbons (Fsp3) is 0.0952. The van der Waals surface area contributed by atoms with Gasteiger partial charge in [-0.1, -0.05) is 60.4 Å². The van der Waals surface area contributed by atoms with Crippen molar-refractivity contribution in [3.8, 4) is 5.75 Å². The summed E-state index contributed by atoms with van der Waals surface area (Å²) in [7, 11) is 0. The van der Waals surface area contributed by atoms with Gasteiger partial charge in [0.15, 0.2) is 0 Å². The van der Waals surface area contributed by atoms with Gasteiger partial charge in [-0.15, -0.1) is 0 Å². The molecule has 0 saturated carbocycles. The van der Waals surface area contributed by atoms with Crippen molar-refractivity contribution >= 4 is 57.6 Å². The molecular formula is C21H17N3O5S2. The number of allylic oxidation sites excluding steroid dienone is 2. The number of carbonyl (C=O) groups excluding carboxylic acids is 2. The lowest BCUT2D eigenvalue weighted by Crippen LogP contribution is -2.36. The van der Waals surface area contributed by atoms with E-state index in [1.54, 1.807) is 6.08 Å². The summed E-state index contributed by atoms with van der Waals surface area (Å²) in [5, 5.41) is 23.0. The molecule has 1 saturated heterocycles. The highest BCUT2D eigenvalue weighted by Gasteiger charge is 2.33. The highest BCUT2D eigenvalue weighted by atomic mass is 32.2. The summed E-state index contributed by atoms with van der Waals surface area (Å²) in [6, 6.07) is 12.9. The number of nitrogens with zero attached hydrogens (tertiary/aromatic N) is 2. The van der Waals surface area contributed by atoms with Crippen LogP contribution in [0.3, 0.4) is 0 Å². The molecule has 2 amide bonds. The number of non-ortho nitro benzene ring substituents is 1. The number of nitrogens with one attached hydrogen (secondary N) is 1. The first-order chi connectivity index (χ1) is 14.7. The lowest BCUT2D eigenvalue weighted by Gasteiger charge is -2.14. The van der Waals surface area contributed by atoms with Gasteiger partial charge in [0.05, 0.1) is 21.6 Å². The van der Waals surface area contributed by atoms with Gasteiger partial charge in [-0.2, -0.15) is 0 Å². The van der Waals surface area contributed by atoms with Crippen LogP contribution in [-0.2, 0) is 9.59 Å². The maximum Gasteiger partial charge on any atom is 0.273 e. The van der Waals surface area contributed by atoms with Gasteiger partial charge < -0.3 is 10.4 Å². The SMILES string of the molecule is CC(=Cc1ccccc1)C=C1SC(=S)N(CC(=O)Nc2ccc([N+](=O)[O-])cc2O)C1=O. The zero-order valence-corrected chi connectivity index (χ0v) is 17.9. The summed E-state index contributed by atoms with van der Waals surface area (Å²) in [6.45, 7) is 1.52. The number of thioether (sulfide) groups is 1. The van der Waals surface area contributed by atoms with E-state index in [4.69, 9.17) is 12.2 Å². The zero-order chi connectivity index (χ0) is 22.5. The van der Waals surface area contributed by atoms with Crippen molar-refractivity contribution < 1.29 is 19.6 Å². The Morgan fingerprint density at radius 1 is 1.29 bits per heavy atom. The minimum Gasteiger partial charge on any atom is -0.506 e. The van der Waals surface area contributed by atoms with E-state index in [-0.39, 0.29) is 28.1 Å². The third kappa shape index (κ3) is 5.56. The molecule has 0 aliphatic carbocycles. The van der Waals surface area contributed by atoms with Crippen LogP contribution < -0.4 is 5.32 Å². The second kappa shape index (κ2) is 9.54. The topological polar surface area (TPSA) is 113 Å². The number of hydrogen-bond acceptors (Lipinski definition) is 7. The molecule has 2 aromatic carbocycles. The van der Waals surface area contributed by atoms with E-state index < -0.39 is 16.6 Å². The molecule has 1 aliphatic heterocycles. The first kappa shape index (κ1) is 22.2. The summed E-state index contributed by atoms with van der Waals surface area (Å²) in [4.78, 5) is 36.7. The van der Waals surface area contributed by atoms with E-state index in [2.05, 4.69) is 5.32 Å². The second-order valence-electron chi connectivity index (χ2n) is 6.57. The molecule has 1 fully saturated rings. The van der Waals surface area contributed by atoms with Gasteiger partial charge in [-0.25, -0.2) is 0 Å². The minimum atomic E-state index is -0.661. The monoisotopic (exact) mass is 455 g/mol. The third-order valence-corrected chi connectivity index (χ3v) is 5.57. The van der Waals surface area contributed by atoms with Gasteiger partial charge in [0.1, 0.15) is 16.6 Å². The quantitative estimate of drug-likeness (QED) is 0.222. The molecule has 0 radical (unpaired) electrons. The number of phenols is 1. The maximum absolute atomic E-state index is 12.7. The number of hydrogen-bond donors (Lipinski definition) is 2. The molecule has 158 valence electrons. The normalized spacial score (nSPS) is 15.5. The Labute approximate surface area is 187 Å². The van der Waals surface area contributed by atoms with Crippen molar-refractivity contribution in [2.45, 2.75) is 6.92 Å². The number of rotatable bonds is 6. The van der Waals surface area contributed by atoms with Gasteiger partial charge in [0.2, 0.25) is 5.91 Å². The number of phenolic OH excluding ortho intramolecular Hbond substituents is 1. The van der Waals surface area contributed by atoms with E-state index in [1.807, 2.05) is 43.3 Å². The predicted molar refractivity (Wildman–Crippen MR) is 123 cm³/mol. The van der Waals surface area contributed by atoms with Gasteiger partial charge in [0.25, 0.3) is 11.6 Å². The maximum atomic E-state index is 12.7. The molecule has 0 bridgehead atoms. The predicted octanol–water partition coefficient (Wildman–Crippen LogP) is 4.09. The van der Waals surface area contributed by atoms with Crippen LogP contribution in [0.4, 0.5) is 11.4 Å². The number of nitro benzene ring substituents is 1. The highest BCUT2D eigenvalue weighted by Crippen LogP contribution is 2.32. The van der Waals surface area contributed by atoms with E-state index in [0.717, 1.165) is 35.0 Å². The fourth-order valence-corrected chi connectivity index (χ4v) is 4.07. The molecule has 1 heterocycles. The van der Waals surface area contributed by atoms with Crippen LogP contribution >= 0.6 is 24.0 Å². The lowest BCUT2D eigenvalue weighted by molar-refractivity contribution is -0.384. The Morgan fingerprint density at radius 2 is 2.00 bits per heavy atom. The van der Waals surface area contributed by atoms with Crippen molar-refractivity contribution in [2.75, 3.05) is 11.9 Å². The second-order valence-corrected chi connectivity index (χ2v) is 8.25.